The second kappa shape index (κ2) is 6.08. The number of carbonyl (C=O) groups excluding carboxylic acids is 1. The standard InChI is InChI=1S/C10H16O2S/c1-13-10(11)12-9-7-5-3-2-4-6-8-9/h5,7,9H,2-4,6,8H2,1H3. The zero-order valence-electron chi connectivity index (χ0n) is 7.99. The summed E-state index contributed by atoms with van der Waals surface area (Å²) in [6, 6.07) is 0. The van der Waals surface area contributed by atoms with Gasteiger partial charge in [-0.2, -0.15) is 0 Å². The van der Waals surface area contributed by atoms with Crippen LogP contribution in [0.1, 0.15) is 32.1 Å². The van der Waals surface area contributed by atoms with Gasteiger partial charge in [0, 0.05) is 0 Å². The lowest BCUT2D eigenvalue weighted by Gasteiger charge is -2.14. The molecular weight excluding hydrogens is 184 g/mol. The average molecular weight is 200 g/mol. The van der Waals surface area contributed by atoms with E-state index in [1.807, 2.05) is 6.08 Å². The van der Waals surface area contributed by atoms with E-state index in [4.69, 9.17) is 4.74 Å². The molecule has 1 rings (SSSR count). The highest BCUT2D eigenvalue weighted by Crippen LogP contribution is 2.16. The van der Waals surface area contributed by atoms with Crippen molar-refractivity contribution in [1.29, 1.82) is 0 Å². The average Bonchev–Trinajstić information content (AvgIpc) is 2.09. The first kappa shape index (κ1) is 10.6. The maximum atomic E-state index is 11.0. The van der Waals surface area contributed by atoms with Gasteiger partial charge >= 0.3 is 5.30 Å². The fourth-order valence-corrected chi connectivity index (χ4v) is 1.62. The lowest BCUT2D eigenvalue weighted by atomic mass is 10.0. The zero-order chi connectivity index (χ0) is 9.52. The van der Waals surface area contributed by atoms with E-state index < -0.39 is 0 Å². The van der Waals surface area contributed by atoms with Gasteiger partial charge in [-0.3, -0.25) is 0 Å². The number of thioether (sulfide) groups is 1. The number of carbonyl (C=O) groups is 1. The molecule has 3 heteroatoms. The van der Waals surface area contributed by atoms with E-state index in [9.17, 15) is 4.79 Å². The molecule has 74 valence electrons. The Balaban J connectivity index is 2.37. The molecule has 0 radical (unpaired) electrons. The smallest absolute Gasteiger partial charge is 0.367 e. The Morgan fingerprint density at radius 2 is 2.31 bits per heavy atom. The van der Waals surface area contributed by atoms with Crippen molar-refractivity contribution in [2.75, 3.05) is 6.26 Å². The molecule has 0 spiro atoms. The van der Waals surface area contributed by atoms with Gasteiger partial charge in [0.2, 0.25) is 0 Å². The van der Waals surface area contributed by atoms with Gasteiger partial charge in [0.05, 0.1) is 0 Å². The monoisotopic (exact) mass is 200 g/mol. The zero-order valence-corrected chi connectivity index (χ0v) is 8.81. The van der Waals surface area contributed by atoms with Crippen LogP contribution < -0.4 is 0 Å². The highest BCUT2D eigenvalue weighted by atomic mass is 32.2. The molecule has 0 amide bonds. The molecule has 1 aliphatic rings. The van der Waals surface area contributed by atoms with E-state index in [2.05, 4.69) is 6.08 Å². The van der Waals surface area contributed by atoms with Crippen LogP contribution in [0.15, 0.2) is 12.2 Å². The molecule has 0 fully saturated rings. The van der Waals surface area contributed by atoms with Crippen LogP contribution in [-0.4, -0.2) is 17.7 Å². The van der Waals surface area contributed by atoms with Crippen molar-refractivity contribution in [3.63, 3.8) is 0 Å². The third-order valence-corrected chi connectivity index (χ3v) is 2.55. The van der Waals surface area contributed by atoms with Crippen LogP contribution >= 0.6 is 11.8 Å². The predicted octanol–water partition coefficient (Wildman–Crippen LogP) is 3.37. The second-order valence-electron chi connectivity index (χ2n) is 3.18. The first-order valence-corrected chi connectivity index (χ1v) is 5.96. The quantitative estimate of drug-likeness (QED) is 0.479. The number of rotatable bonds is 1. The lowest BCUT2D eigenvalue weighted by molar-refractivity contribution is 0.140. The molecule has 1 atom stereocenters. The van der Waals surface area contributed by atoms with Crippen LogP contribution in [0.2, 0.25) is 0 Å². The Kier molecular flexibility index (Phi) is 4.98. The number of hydrogen-bond acceptors (Lipinski definition) is 3. The Bertz CT molecular complexity index is 189. The highest BCUT2D eigenvalue weighted by Gasteiger charge is 2.11. The van der Waals surface area contributed by atoms with E-state index >= 15 is 0 Å². The van der Waals surface area contributed by atoms with Crippen molar-refractivity contribution in [1.82, 2.24) is 0 Å². The van der Waals surface area contributed by atoms with E-state index in [-0.39, 0.29) is 11.4 Å². The first-order chi connectivity index (χ1) is 6.33. The Hall–Kier alpha value is -0.440. The third kappa shape index (κ3) is 4.36. The molecule has 0 bridgehead atoms. The van der Waals surface area contributed by atoms with Crippen LogP contribution in [0.3, 0.4) is 0 Å². The number of ether oxygens (including phenoxy) is 1. The van der Waals surface area contributed by atoms with E-state index in [1.54, 1.807) is 6.26 Å². The fraction of sp³-hybridized carbons (Fsp3) is 0.700. The minimum Gasteiger partial charge on any atom is -0.450 e. The molecule has 13 heavy (non-hydrogen) atoms. The van der Waals surface area contributed by atoms with Crippen molar-refractivity contribution in [2.24, 2.45) is 0 Å². The van der Waals surface area contributed by atoms with Crippen molar-refractivity contribution in [2.45, 2.75) is 38.2 Å². The molecule has 0 saturated carbocycles. The number of hydrogen-bond donors (Lipinski definition) is 0. The van der Waals surface area contributed by atoms with E-state index in [0.29, 0.717) is 0 Å². The van der Waals surface area contributed by atoms with E-state index in [1.165, 1.54) is 12.8 Å². The van der Waals surface area contributed by atoms with Crippen molar-refractivity contribution in [3.8, 4) is 0 Å². The van der Waals surface area contributed by atoms with Gasteiger partial charge in [-0.15, -0.1) is 0 Å². The Labute approximate surface area is 83.7 Å². The summed E-state index contributed by atoms with van der Waals surface area (Å²) in [6.07, 6.45) is 11.7. The molecule has 1 unspecified atom stereocenters. The van der Waals surface area contributed by atoms with Crippen molar-refractivity contribution in [3.05, 3.63) is 12.2 Å². The summed E-state index contributed by atoms with van der Waals surface area (Å²) >= 11 is 1.14. The van der Waals surface area contributed by atoms with Gasteiger partial charge in [-0.05, 0) is 49.8 Å². The molecule has 0 heterocycles. The molecule has 1 aliphatic carbocycles. The van der Waals surface area contributed by atoms with Gasteiger partial charge in [0.1, 0.15) is 6.10 Å². The van der Waals surface area contributed by atoms with Crippen LogP contribution in [0, 0.1) is 0 Å². The predicted molar refractivity (Wildman–Crippen MR) is 56.0 cm³/mol. The topological polar surface area (TPSA) is 26.3 Å². The maximum absolute atomic E-state index is 11.0. The maximum Gasteiger partial charge on any atom is 0.367 e. The van der Waals surface area contributed by atoms with E-state index in [0.717, 1.165) is 31.0 Å². The molecule has 2 nitrogen and oxygen atoms in total. The lowest BCUT2D eigenvalue weighted by Crippen LogP contribution is -2.13. The van der Waals surface area contributed by atoms with Gasteiger partial charge < -0.3 is 4.74 Å². The van der Waals surface area contributed by atoms with Crippen LogP contribution in [-0.2, 0) is 4.74 Å². The van der Waals surface area contributed by atoms with Gasteiger partial charge in [0.15, 0.2) is 0 Å². The summed E-state index contributed by atoms with van der Waals surface area (Å²) < 4.78 is 5.21. The first-order valence-electron chi connectivity index (χ1n) is 4.74. The van der Waals surface area contributed by atoms with Gasteiger partial charge in [-0.25, -0.2) is 4.79 Å². The molecule has 0 aromatic carbocycles. The summed E-state index contributed by atoms with van der Waals surface area (Å²) in [5, 5.41) is -0.171. The van der Waals surface area contributed by atoms with Crippen LogP contribution in [0.4, 0.5) is 4.79 Å². The van der Waals surface area contributed by atoms with Gasteiger partial charge in [0.25, 0.3) is 0 Å². The number of allylic oxidation sites excluding steroid dienone is 1. The van der Waals surface area contributed by atoms with Crippen LogP contribution in [0.25, 0.3) is 0 Å². The molecule has 0 saturated heterocycles. The Morgan fingerprint density at radius 3 is 3.08 bits per heavy atom. The van der Waals surface area contributed by atoms with Crippen molar-refractivity contribution < 1.29 is 9.53 Å². The summed E-state index contributed by atoms with van der Waals surface area (Å²) in [5.41, 5.74) is 0. The minimum absolute atomic E-state index is 0.0141. The molecular formula is C10H16O2S. The summed E-state index contributed by atoms with van der Waals surface area (Å²) in [7, 11) is 0. The highest BCUT2D eigenvalue weighted by molar-refractivity contribution is 8.12. The summed E-state index contributed by atoms with van der Waals surface area (Å²) in [4.78, 5) is 11.0. The summed E-state index contributed by atoms with van der Waals surface area (Å²) in [6.45, 7) is 0. The molecule has 0 aromatic heterocycles. The second-order valence-corrected chi connectivity index (χ2v) is 3.92. The minimum atomic E-state index is -0.171. The Morgan fingerprint density at radius 1 is 1.46 bits per heavy atom. The van der Waals surface area contributed by atoms with Crippen LogP contribution in [0.5, 0.6) is 0 Å². The normalized spacial score (nSPS) is 23.3. The van der Waals surface area contributed by atoms with Gasteiger partial charge in [-0.1, -0.05) is 12.5 Å². The SMILES string of the molecule is CSC(=O)OC1C=CCCCCC1. The summed E-state index contributed by atoms with van der Waals surface area (Å²) in [5.74, 6) is 0. The molecule has 0 aliphatic heterocycles. The third-order valence-electron chi connectivity index (χ3n) is 2.12. The molecule has 0 aromatic rings. The largest absolute Gasteiger partial charge is 0.450 e. The molecule has 0 N–H and O–H groups in total. The fourth-order valence-electron chi connectivity index (χ4n) is 1.40. The van der Waals surface area contributed by atoms with Crippen molar-refractivity contribution >= 4 is 17.1 Å².